The molecule has 3 heterocycles. The van der Waals surface area contributed by atoms with Crippen molar-refractivity contribution in [1.29, 1.82) is 0 Å². The average molecular weight is 1030 g/mol. The van der Waals surface area contributed by atoms with Gasteiger partial charge in [-0.1, -0.05) is 179 Å². The summed E-state index contributed by atoms with van der Waals surface area (Å²) >= 11 is 0. The number of aryl methyl sites for hydroxylation is 1. The summed E-state index contributed by atoms with van der Waals surface area (Å²) in [7, 11) is 0. The molecule has 0 radical (unpaired) electrons. The SMILES string of the molecule is CCc1cc(-n2c3[c-]c(Oc4[c-]c(-n5[c-][n+](-c6c(-c7ccccc7)cccc6-c6ccccc6)c6ccccc65)ccc4)ccc3c3cc(C(C)(C)C)ccc32)ncc1-c1ccccc1.[Pt]. The van der Waals surface area contributed by atoms with Gasteiger partial charge in [-0.15, -0.1) is 29.7 Å². The first-order valence-electron chi connectivity index (χ1n) is 22.3. The van der Waals surface area contributed by atoms with E-state index in [1.165, 1.54) is 11.1 Å². The van der Waals surface area contributed by atoms with Crippen LogP contribution < -0.4 is 9.30 Å². The number of pyridine rings is 1. The predicted octanol–water partition coefficient (Wildman–Crippen LogP) is 14.5. The minimum Gasteiger partial charge on any atom is -0.510 e. The number of rotatable bonds is 9. The zero-order valence-electron chi connectivity index (χ0n) is 37.2. The second-order valence-electron chi connectivity index (χ2n) is 17.5. The van der Waals surface area contributed by atoms with E-state index in [-0.39, 0.29) is 26.5 Å². The van der Waals surface area contributed by atoms with Crippen LogP contribution in [0.25, 0.3) is 83.4 Å². The molecule has 11 aromatic rings. The summed E-state index contributed by atoms with van der Waals surface area (Å²) in [6, 6.07) is 73.1. The van der Waals surface area contributed by atoms with Gasteiger partial charge in [0.2, 0.25) is 0 Å². The Morgan fingerprint density at radius 3 is 1.86 bits per heavy atom. The molecule has 0 fully saturated rings. The van der Waals surface area contributed by atoms with Gasteiger partial charge in [0, 0.05) is 49.8 Å². The zero-order valence-corrected chi connectivity index (χ0v) is 39.5. The van der Waals surface area contributed by atoms with Crippen LogP contribution in [-0.4, -0.2) is 14.1 Å². The summed E-state index contributed by atoms with van der Waals surface area (Å²) in [4.78, 5) is 5.12. The van der Waals surface area contributed by atoms with Gasteiger partial charge in [-0.05, 0) is 74.0 Å². The van der Waals surface area contributed by atoms with Crippen molar-refractivity contribution in [3.05, 3.63) is 224 Å². The molecule has 0 aliphatic rings. The Morgan fingerprint density at radius 1 is 0.576 bits per heavy atom. The summed E-state index contributed by atoms with van der Waals surface area (Å²) in [5.74, 6) is 2.00. The number of imidazole rings is 1. The van der Waals surface area contributed by atoms with Crippen molar-refractivity contribution < 1.29 is 30.4 Å². The molecule has 324 valence electrons. The molecule has 0 saturated heterocycles. The van der Waals surface area contributed by atoms with Crippen molar-refractivity contribution in [3.63, 3.8) is 0 Å². The maximum Gasteiger partial charge on any atom is 0.268 e. The van der Waals surface area contributed by atoms with Gasteiger partial charge in [0.25, 0.3) is 6.33 Å². The molecule has 66 heavy (non-hydrogen) atoms. The Labute approximate surface area is 400 Å². The summed E-state index contributed by atoms with van der Waals surface area (Å²) < 4.78 is 13.2. The van der Waals surface area contributed by atoms with Gasteiger partial charge < -0.3 is 13.9 Å². The molecule has 0 amide bonds. The number of para-hydroxylation sites is 3. The van der Waals surface area contributed by atoms with Crippen LogP contribution in [0.15, 0.2) is 194 Å². The fourth-order valence-electron chi connectivity index (χ4n) is 9.10. The Bertz CT molecular complexity index is 3470. The van der Waals surface area contributed by atoms with Crippen molar-refractivity contribution in [2.24, 2.45) is 0 Å². The van der Waals surface area contributed by atoms with Gasteiger partial charge >= 0.3 is 0 Å². The monoisotopic (exact) mass is 1030 g/mol. The molecule has 6 heteroatoms. The maximum atomic E-state index is 6.71. The molecule has 0 saturated carbocycles. The van der Waals surface area contributed by atoms with E-state index < -0.39 is 0 Å². The molecule has 0 aliphatic heterocycles. The molecule has 0 aliphatic carbocycles. The van der Waals surface area contributed by atoms with Gasteiger partial charge in [0.15, 0.2) is 0 Å². The van der Waals surface area contributed by atoms with Gasteiger partial charge in [-0.25, -0.2) is 4.98 Å². The smallest absolute Gasteiger partial charge is 0.268 e. The molecule has 0 spiro atoms. The number of ether oxygens (including phenoxy) is 1. The zero-order chi connectivity index (χ0) is 44.1. The first-order chi connectivity index (χ1) is 31.8. The molecule has 0 bridgehead atoms. The van der Waals surface area contributed by atoms with Gasteiger partial charge in [-0.3, -0.25) is 4.57 Å². The molecule has 11 rings (SSSR count). The Morgan fingerprint density at radius 2 is 1.20 bits per heavy atom. The van der Waals surface area contributed by atoms with E-state index in [1.807, 2.05) is 24.4 Å². The molecule has 0 unspecified atom stereocenters. The average Bonchev–Trinajstić information content (AvgIpc) is 3.90. The topological polar surface area (TPSA) is 35.9 Å². The van der Waals surface area contributed by atoms with E-state index in [0.29, 0.717) is 11.5 Å². The van der Waals surface area contributed by atoms with Crippen LogP contribution in [0.5, 0.6) is 11.5 Å². The van der Waals surface area contributed by atoms with Crippen molar-refractivity contribution >= 4 is 32.8 Å². The van der Waals surface area contributed by atoms with E-state index in [0.717, 1.165) is 89.8 Å². The fraction of sp³-hybridized carbons (Fsp3) is 0.100. The van der Waals surface area contributed by atoms with Crippen molar-refractivity contribution in [2.75, 3.05) is 0 Å². The second-order valence-corrected chi connectivity index (χ2v) is 17.5. The van der Waals surface area contributed by atoms with Gasteiger partial charge in [0.05, 0.1) is 16.7 Å². The van der Waals surface area contributed by atoms with E-state index in [1.54, 1.807) is 0 Å². The molecule has 0 atom stereocenters. The van der Waals surface area contributed by atoms with Gasteiger partial charge in [0.1, 0.15) is 5.82 Å². The number of hydrogen-bond donors (Lipinski definition) is 0. The van der Waals surface area contributed by atoms with Crippen molar-refractivity contribution in [2.45, 2.75) is 39.5 Å². The number of hydrogen-bond acceptors (Lipinski definition) is 2. The van der Waals surface area contributed by atoms with Crippen LogP contribution in [-0.2, 0) is 32.9 Å². The molecule has 5 nitrogen and oxygen atoms in total. The van der Waals surface area contributed by atoms with Crippen molar-refractivity contribution in [3.8, 4) is 62.1 Å². The second kappa shape index (κ2) is 17.6. The van der Waals surface area contributed by atoms with Crippen LogP contribution in [0.2, 0.25) is 0 Å². The molecule has 8 aromatic carbocycles. The summed E-state index contributed by atoms with van der Waals surface area (Å²) in [6.45, 7) is 8.97. The normalized spacial score (nSPS) is 11.6. The first-order valence-corrected chi connectivity index (χ1v) is 22.3. The minimum atomic E-state index is -0.0155. The van der Waals surface area contributed by atoms with Crippen molar-refractivity contribution in [1.82, 2.24) is 14.1 Å². The van der Waals surface area contributed by atoms with E-state index in [9.17, 15) is 0 Å². The van der Waals surface area contributed by atoms with Crippen LogP contribution >= 0.6 is 0 Å². The Hall–Kier alpha value is -7.33. The molecule has 3 aromatic heterocycles. The van der Waals surface area contributed by atoms with Crippen LogP contribution in [0, 0.1) is 18.5 Å². The third-order valence-electron chi connectivity index (χ3n) is 12.4. The number of nitrogens with zero attached hydrogens (tertiary/aromatic N) is 4. The quantitative estimate of drug-likeness (QED) is 0.107. The fourth-order valence-corrected chi connectivity index (χ4v) is 9.10. The maximum absolute atomic E-state index is 6.71. The molecular weight excluding hydrogens is 988 g/mol. The largest absolute Gasteiger partial charge is 0.510 e. The third-order valence-corrected chi connectivity index (χ3v) is 12.4. The molecule has 0 N–H and O–H groups in total. The number of fused-ring (bicyclic) bond motifs is 4. The standard InChI is InChI=1S/C60H46N4O.Pt/c1-5-41-35-58(61-39-53(41)44-23-13-8-14-24-44)64-54-34-31-45(60(2,3)4)36-52(54)51-33-32-48(38-57(51)64)65-47-26-17-25-46(37-47)62-40-63(56-30-16-15-29-55(56)62)59-49(42-19-9-6-10-20-42)27-18-28-50(59)43-21-11-7-12-22-43;/h6-36,39H,5H2,1-4H3;/q-2;. The Balaban J connectivity index is 0.00000511. The van der Waals surface area contributed by atoms with Crippen LogP contribution in [0.4, 0.5) is 0 Å². The summed E-state index contributed by atoms with van der Waals surface area (Å²) in [5, 5.41) is 2.25. The number of benzene rings is 8. The van der Waals surface area contributed by atoms with Crippen LogP contribution in [0.3, 0.4) is 0 Å². The summed E-state index contributed by atoms with van der Waals surface area (Å²) in [6.07, 6.45) is 6.65. The summed E-state index contributed by atoms with van der Waals surface area (Å²) in [5.41, 5.74) is 15.1. The Kier molecular flexibility index (Phi) is 11.3. The molecular formula is C60H46N4OPt-2. The van der Waals surface area contributed by atoms with E-state index >= 15 is 0 Å². The predicted molar refractivity (Wildman–Crippen MR) is 264 cm³/mol. The minimum absolute atomic E-state index is 0. The van der Waals surface area contributed by atoms with E-state index in [4.69, 9.17) is 9.72 Å². The third kappa shape index (κ3) is 7.74. The first kappa shape index (κ1) is 42.6. The van der Waals surface area contributed by atoms with Crippen LogP contribution in [0.1, 0.15) is 38.8 Å². The van der Waals surface area contributed by atoms with E-state index in [2.05, 4.69) is 230 Å². The number of aromatic nitrogens is 4. The van der Waals surface area contributed by atoms with Gasteiger partial charge in [-0.2, -0.15) is 18.2 Å².